The Labute approximate surface area is 86.0 Å². The maximum absolute atomic E-state index is 10.9. The predicted molar refractivity (Wildman–Crippen MR) is 55.2 cm³/mol. The van der Waals surface area contributed by atoms with E-state index in [1.54, 1.807) is 6.92 Å². The molecule has 0 radical (unpaired) electrons. The molecule has 1 N–H and O–H groups in total. The Morgan fingerprint density at radius 2 is 2.07 bits per heavy atom. The normalized spacial score (nSPS) is 10.1. The molecule has 14 heavy (non-hydrogen) atoms. The van der Waals surface area contributed by atoms with Crippen LogP contribution in [0.1, 0.15) is 26.7 Å². The fraction of sp³-hybridized carbons (Fsp3) is 0.900. The lowest BCUT2D eigenvalue weighted by molar-refractivity contribution is -0.142. The zero-order valence-corrected chi connectivity index (χ0v) is 9.17. The van der Waals surface area contributed by atoms with Gasteiger partial charge >= 0.3 is 5.97 Å². The molecule has 0 bridgehead atoms. The van der Waals surface area contributed by atoms with Gasteiger partial charge in [-0.1, -0.05) is 6.92 Å². The third-order valence-electron chi connectivity index (χ3n) is 1.57. The molecule has 0 aliphatic carbocycles. The lowest BCUT2D eigenvalue weighted by Gasteiger charge is -2.04. The Kier molecular flexibility index (Phi) is 10.0. The van der Waals surface area contributed by atoms with Crippen molar-refractivity contribution in [1.29, 1.82) is 0 Å². The van der Waals surface area contributed by atoms with Gasteiger partial charge in [-0.25, -0.2) is 0 Å². The van der Waals surface area contributed by atoms with Gasteiger partial charge in [0.05, 0.1) is 13.2 Å². The summed E-state index contributed by atoms with van der Waals surface area (Å²) >= 11 is 0. The lowest BCUT2D eigenvalue weighted by atomic mass is 10.4. The van der Waals surface area contributed by atoms with Crippen LogP contribution in [0.3, 0.4) is 0 Å². The van der Waals surface area contributed by atoms with Crippen molar-refractivity contribution in [2.24, 2.45) is 0 Å². The molecular weight excluding hydrogens is 182 g/mol. The summed E-state index contributed by atoms with van der Waals surface area (Å²) in [6.07, 6.45) is 1.98. The van der Waals surface area contributed by atoms with Crippen molar-refractivity contribution in [3.05, 3.63) is 0 Å². The van der Waals surface area contributed by atoms with Crippen LogP contribution < -0.4 is 5.32 Å². The van der Waals surface area contributed by atoms with Gasteiger partial charge in [0.2, 0.25) is 0 Å². The number of hydrogen-bond donors (Lipinski definition) is 1. The van der Waals surface area contributed by atoms with Crippen LogP contribution in [0.15, 0.2) is 0 Å². The van der Waals surface area contributed by atoms with E-state index in [-0.39, 0.29) is 5.97 Å². The van der Waals surface area contributed by atoms with Gasteiger partial charge in [0.1, 0.15) is 0 Å². The van der Waals surface area contributed by atoms with Crippen LogP contribution in [0.5, 0.6) is 0 Å². The number of esters is 1. The lowest BCUT2D eigenvalue weighted by Crippen LogP contribution is -2.26. The molecular formula is C10H21NO3. The summed E-state index contributed by atoms with van der Waals surface area (Å²) in [7, 11) is 0. The van der Waals surface area contributed by atoms with Gasteiger partial charge in [-0.05, 0) is 26.3 Å². The van der Waals surface area contributed by atoms with Crippen LogP contribution in [0.4, 0.5) is 0 Å². The molecule has 0 atom stereocenters. The molecule has 0 aromatic heterocycles. The molecule has 84 valence electrons. The second kappa shape index (κ2) is 10.5. The van der Waals surface area contributed by atoms with Gasteiger partial charge in [-0.15, -0.1) is 0 Å². The molecule has 0 aromatic carbocycles. The maximum atomic E-state index is 10.9. The summed E-state index contributed by atoms with van der Waals surface area (Å²) in [5.41, 5.74) is 0. The van der Waals surface area contributed by atoms with Crippen LogP contribution >= 0.6 is 0 Å². The van der Waals surface area contributed by atoms with E-state index in [0.29, 0.717) is 13.2 Å². The first-order chi connectivity index (χ1) is 6.81. The Balaban J connectivity index is 3.01. The van der Waals surface area contributed by atoms with Crippen molar-refractivity contribution >= 4 is 5.97 Å². The molecule has 0 spiro atoms. The quantitative estimate of drug-likeness (QED) is 0.448. The van der Waals surface area contributed by atoms with Crippen molar-refractivity contribution in [1.82, 2.24) is 5.32 Å². The van der Waals surface area contributed by atoms with E-state index in [0.717, 1.165) is 32.6 Å². The van der Waals surface area contributed by atoms with Crippen molar-refractivity contribution in [3.63, 3.8) is 0 Å². The molecule has 0 saturated carbocycles. The molecule has 0 aliphatic heterocycles. The minimum atomic E-state index is -0.193. The van der Waals surface area contributed by atoms with Crippen LogP contribution in [-0.4, -0.2) is 38.9 Å². The molecule has 0 aliphatic rings. The minimum Gasteiger partial charge on any atom is -0.465 e. The molecule has 0 aromatic rings. The van der Waals surface area contributed by atoms with Gasteiger partial charge in [-0.3, -0.25) is 4.79 Å². The molecule has 4 nitrogen and oxygen atoms in total. The van der Waals surface area contributed by atoms with Crippen LogP contribution in [-0.2, 0) is 14.3 Å². The van der Waals surface area contributed by atoms with Crippen molar-refractivity contribution in [2.45, 2.75) is 26.7 Å². The smallest absolute Gasteiger partial charge is 0.319 e. The Bertz CT molecular complexity index is 139. The highest BCUT2D eigenvalue weighted by atomic mass is 16.5. The second-order valence-electron chi connectivity index (χ2n) is 2.95. The average Bonchev–Trinajstić information content (AvgIpc) is 2.17. The van der Waals surface area contributed by atoms with E-state index >= 15 is 0 Å². The molecule has 0 fully saturated rings. The number of rotatable bonds is 9. The third-order valence-corrected chi connectivity index (χ3v) is 1.57. The molecule has 4 heteroatoms. The van der Waals surface area contributed by atoms with E-state index in [4.69, 9.17) is 9.47 Å². The highest BCUT2D eigenvalue weighted by Gasteiger charge is 1.98. The minimum absolute atomic E-state index is 0.193. The summed E-state index contributed by atoms with van der Waals surface area (Å²) < 4.78 is 10.0. The summed E-state index contributed by atoms with van der Waals surface area (Å²) in [6.45, 7) is 6.99. The molecule has 0 rings (SSSR count). The highest BCUT2D eigenvalue weighted by molar-refractivity contribution is 5.71. The standard InChI is InChI=1S/C10H21NO3/c1-3-7-13-8-5-6-11-9-10(12)14-4-2/h11H,3-9H2,1-2H3. The fourth-order valence-electron chi connectivity index (χ4n) is 0.948. The Morgan fingerprint density at radius 3 is 2.71 bits per heavy atom. The van der Waals surface area contributed by atoms with E-state index in [9.17, 15) is 4.79 Å². The number of ether oxygens (including phenoxy) is 2. The molecule has 0 unspecified atom stereocenters. The number of carbonyl (C=O) groups excluding carboxylic acids is 1. The zero-order valence-electron chi connectivity index (χ0n) is 9.17. The zero-order chi connectivity index (χ0) is 10.6. The summed E-state index contributed by atoms with van der Waals surface area (Å²) in [6, 6.07) is 0. The predicted octanol–water partition coefficient (Wildman–Crippen LogP) is 0.956. The van der Waals surface area contributed by atoms with Crippen molar-refractivity contribution in [2.75, 3.05) is 32.9 Å². The highest BCUT2D eigenvalue weighted by Crippen LogP contribution is 1.84. The average molecular weight is 203 g/mol. The van der Waals surface area contributed by atoms with Crippen LogP contribution in [0.25, 0.3) is 0 Å². The number of carbonyl (C=O) groups is 1. The summed E-state index contributed by atoms with van der Waals surface area (Å²) in [5, 5.41) is 2.99. The van der Waals surface area contributed by atoms with Crippen molar-refractivity contribution in [3.8, 4) is 0 Å². The largest absolute Gasteiger partial charge is 0.465 e. The van der Waals surface area contributed by atoms with E-state index in [1.807, 2.05) is 0 Å². The van der Waals surface area contributed by atoms with E-state index in [2.05, 4.69) is 12.2 Å². The fourth-order valence-corrected chi connectivity index (χ4v) is 0.948. The summed E-state index contributed by atoms with van der Waals surface area (Å²) in [4.78, 5) is 10.9. The van der Waals surface area contributed by atoms with Crippen LogP contribution in [0.2, 0.25) is 0 Å². The molecule has 0 heterocycles. The first kappa shape index (κ1) is 13.4. The molecule has 0 saturated heterocycles. The van der Waals surface area contributed by atoms with E-state index in [1.165, 1.54) is 0 Å². The van der Waals surface area contributed by atoms with Gasteiger partial charge < -0.3 is 14.8 Å². The third kappa shape index (κ3) is 9.48. The monoisotopic (exact) mass is 203 g/mol. The van der Waals surface area contributed by atoms with Crippen molar-refractivity contribution < 1.29 is 14.3 Å². The Morgan fingerprint density at radius 1 is 1.29 bits per heavy atom. The first-order valence-electron chi connectivity index (χ1n) is 5.25. The second-order valence-corrected chi connectivity index (χ2v) is 2.95. The number of hydrogen-bond acceptors (Lipinski definition) is 4. The topological polar surface area (TPSA) is 47.6 Å². The molecule has 0 amide bonds. The SMILES string of the molecule is CCCOCCCNCC(=O)OCC. The van der Waals surface area contributed by atoms with Gasteiger partial charge in [0.15, 0.2) is 0 Å². The maximum Gasteiger partial charge on any atom is 0.319 e. The summed E-state index contributed by atoms with van der Waals surface area (Å²) in [5.74, 6) is -0.193. The van der Waals surface area contributed by atoms with Gasteiger partial charge in [0.25, 0.3) is 0 Å². The Hall–Kier alpha value is -0.610. The van der Waals surface area contributed by atoms with Gasteiger partial charge in [-0.2, -0.15) is 0 Å². The van der Waals surface area contributed by atoms with E-state index < -0.39 is 0 Å². The van der Waals surface area contributed by atoms with Gasteiger partial charge in [0, 0.05) is 13.2 Å². The number of nitrogens with one attached hydrogen (secondary N) is 1. The first-order valence-corrected chi connectivity index (χ1v) is 5.25. The van der Waals surface area contributed by atoms with Crippen LogP contribution in [0, 0.1) is 0 Å².